The zero-order valence-electron chi connectivity index (χ0n) is 23.8. The summed E-state index contributed by atoms with van der Waals surface area (Å²) in [6, 6.07) is 24.6. The lowest BCUT2D eigenvalue weighted by atomic mass is 9.59. The molecule has 2 heteroatoms. The molecule has 4 aromatic rings. The van der Waals surface area contributed by atoms with Gasteiger partial charge in [0.15, 0.2) is 0 Å². The average molecular weight is 513 g/mol. The van der Waals surface area contributed by atoms with Crippen LogP contribution < -0.4 is 9.47 Å². The van der Waals surface area contributed by atoms with Crippen molar-refractivity contribution in [2.24, 2.45) is 5.92 Å². The van der Waals surface area contributed by atoms with Crippen molar-refractivity contribution in [3.05, 3.63) is 141 Å². The van der Waals surface area contributed by atoms with Gasteiger partial charge in [-0.25, -0.2) is 0 Å². The van der Waals surface area contributed by atoms with Gasteiger partial charge >= 0.3 is 0 Å². The van der Waals surface area contributed by atoms with Crippen molar-refractivity contribution in [2.45, 2.75) is 39.5 Å². The van der Waals surface area contributed by atoms with E-state index < -0.39 is 5.41 Å². The molecule has 0 bridgehead atoms. The third kappa shape index (κ3) is 3.85. The van der Waals surface area contributed by atoms with Gasteiger partial charge < -0.3 is 9.47 Å². The van der Waals surface area contributed by atoms with Gasteiger partial charge in [-0.3, -0.25) is 0 Å². The summed E-state index contributed by atoms with van der Waals surface area (Å²) in [7, 11) is 3.46. The first-order chi connectivity index (χ1) is 18.9. The Morgan fingerprint density at radius 3 is 1.69 bits per heavy atom. The second kappa shape index (κ2) is 9.61. The summed E-state index contributed by atoms with van der Waals surface area (Å²) < 4.78 is 11.2. The van der Waals surface area contributed by atoms with Gasteiger partial charge in [0.05, 0.1) is 19.6 Å². The van der Waals surface area contributed by atoms with Crippen LogP contribution in [-0.4, -0.2) is 14.2 Å². The SMILES string of the molecule is COc1ccc(C(c2ccc(OC)cc2)(c2c(C)c(C)cc3c2Cc2cc(C)c(C)cc2-3)C2C=CC=C2)cc1. The second-order valence-electron chi connectivity index (χ2n) is 11.1. The van der Waals surface area contributed by atoms with E-state index in [0.717, 1.165) is 17.9 Å². The van der Waals surface area contributed by atoms with Crippen LogP contribution in [0.1, 0.15) is 50.1 Å². The summed E-state index contributed by atoms with van der Waals surface area (Å²) in [5, 5.41) is 0. The highest BCUT2D eigenvalue weighted by Crippen LogP contribution is 2.54. The Bertz CT molecular complexity index is 1560. The fraction of sp³-hybridized carbons (Fsp3) is 0.243. The van der Waals surface area contributed by atoms with Crippen molar-refractivity contribution in [2.75, 3.05) is 14.2 Å². The van der Waals surface area contributed by atoms with Crippen LogP contribution in [0, 0.1) is 33.6 Å². The summed E-state index contributed by atoms with van der Waals surface area (Å²) in [5.41, 5.74) is 14.5. The smallest absolute Gasteiger partial charge is 0.118 e. The zero-order chi connectivity index (χ0) is 27.3. The lowest BCUT2D eigenvalue weighted by Gasteiger charge is -2.42. The van der Waals surface area contributed by atoms with Crippen molar-refractivity contribution >= 4 is 0 Å². The van der Waals surface area contributed by atoms with Crippen LogP contribution in [-0.2, 0) is 11.8 Å². The molecule has 0 radical (unpaired) electrons. The molecule has 2 aliphatic rings. The molecule has 0 N–H and O–H groups in total. The zero-order valence-corrected chi connectivity index (χ0v) is 23.8. The molecule has 0 unspecified atom stereocenters. The molecule has 0 aliphatic heterocycles. The van der Waals surface area contributed by atoms with Crippen LogP contribution in [0.25, 0.3) is 11.1 Å². The minimum Gasteiger partial charge on any atom is -0.497 e. The number of aryl methyl sites for hydroxylation is 3. The molecule has 0 heterocycles. The average Bonchev–Trinajstić information content (AvgIpc) is 3.61. The van der Waals surface area contributed by atoms with Gasteiger partial charge in [-0.2, -0.15) is 0 Å². The molecule has 6 rings (SSSR count). The van der Waals surface area contributed by atoms with Crippen molar-refractivity contribution in [3.8, 4) is 22.6 Å². The Labute approximate surface area is 232 Å². The molecule has 0 saturated heterocycles. The predicted molar refractivity (Wildman–Crippen MR) is 161 cm³/mol. The molecule has 0 atom stereocenters. The first-order valence-corrected chi connectivity index (χ1v) is 13.8. The van der Waals surface area contributed by atoms with E-state index in [1.165, 1.54) is 61.2 Å². The quantitative estimate of drug-likeness (QED) is 0.212. The predicted octanol–water partition coefficient (Wildman–Crippen LogP) is 8.59. The Morgan fingerprint density at radius 2 is 1.15 bits per heavy atom. The van der Waals surface area contributed by atoms with Crippen molar-refractivity contribution in [3.63, 3.8) is 0 Å². The Balaban J connectivity index is 1.74. The standard InChI is InChI=1S/C37H36O2/c1-23-19-27-22-35-34(33(27)20-24(23)2)21-25(3)26(4)36(35)37(28-9-7-8-10-28,29-11-15-31(38-5)16-12-29)30-13-17-32(39-6)18-14-30/h7-21,28H,22H2,1-6H3. The summed E-state index contributed by atoms with van der Waals surface area (Å²) in [6.07, 6.45) is 10.0. The molecule has 0 fully saturated rings. The van der Waals surface area contributed by atoms with Gasteiger partial charge in [-0.05, 0) is 120 Å². The molecule has 2 aliphatic carbocycles. The van der Waals surface area contributed by atoms with Crippen molar-refractivity contribution < 1.29 is 9.47 Å². The number of rotatable bonds is 6. The normalized spacial score (nSPS) is 14.0. The van der Waals surface area contributed by atoms with E-state index in [1.807, 2.05) is 0 Å². The molecule has 0 aromatic heterocycles. The Kier molecular flexibility index (Phi) is 6.22. The van der Waals surface area contributed by atoms with E-state index in [0.29, 0.717) is 0 Å². The number of hydrogen-bond donors (Lipinski definition) is 0. The largest absolute Gasteiger partial charge is 0.497 e. The van der Waals surface area contributed by atoms with Gasteiger partial charge in [0.2, 0.25) is 0 Å². The maximum Gasteiger partial charge on any atom is 0.118 e. The highest BCUT2D eigenvalue weighted by molar-refractivity contribution is 5.82. The lowest BCUT2D eigenvalue weighted by molar-refractivity contribution is 0.413. The third-order valence-electron chi connectivity index (χ3n) is 9.06. The number of allylic oxidation sites excluding steroid dienone is 4. The Hall–Kier alpha value is -4.04. The van der Waals surface area contributed by atoms with Crippen LogP contribution in [0.5, 0.6) is 11.5 Å². The van der Waals surface area contributed by atoms with Crippen LogP contribution in [0.15, 0.2) is 91.0 Å². The first kappa shape index (κ1) is 25.2. The van der Waals surface area contributed by atoms with Gasteiger partial charge in [-0.15, -0.1) is 0 Å². The fourth-order valence-electron chi connectivity index (χ4n) is 6.83. The van der Waals surface area contributed by atoms with E-state index in [-0.39, 0.29) is 5.92 Å². The molecule has 0 spiro atoms. The maximum absolute atomic E-state index is 5.59. The second-order valence-corrected chi connectivity index (χ2v) is 11.1. The van der Waals surface area contributed by atoms with Crippen LogP contribution in [0.2, 0.25) is 0 Å². The third-order valence-corrected chi connectivity index (χ3v) is 9.06. The van der Waals surface area contributed by atoms with Gasteiger partial charge in [0, 0.05) is 5.92 Å². The minimum absolute atomic E-state index is 0.149. The van der Waals surface area contributed by atoms with Crippen LogP contribution in [0.3, 0.4) is 0 Å². The monoisotopic (exact) mass is 512 g/mol. The molecule has 2 nitrogen and oxygen atoms in total. The van der Waals surface area contributed by atoms with Gasteiger partial charge in [-0.1, -0.05) is 66.8 Å². The number of hydrogen-bond acceptors (Lipinski definition) is 2. The summed E-state index contributed by atoms with van der Waals surface area (Å²) in [6.45, 7) is 9.03. The van der Waals surface area contributed by atoms with Gasteiger partial charge in [0.25, 0.3) is 0 Å². The molecular formula is C37H36O2. The maximum atomic E-state index is 5.59. The van der Waals surface area contributed by atoms with Crippen LogP contribution >= 0.6 is 0 Å². The van der Waals surface area contributed by atoms with E-state index in [9.17, 15) is 0 Å². The van der Waals surface area contributed by atoms with E-state index in [4.69, 9.17) is 9.47 Å². The highest BCUT2D eigenvalue weighted by Gasteiger charge is 2.46. The van der Waals surface area contributed by atoms with Crippen LogP contribution in [0.4, 0.5) is 0 Å². The first-order valence-electron chi connectivity index (χ1n) is 13.8. The molecular weight excluding hydrogens is 476 g/mol. The molecule has 0 saturated carbocycles. The van der Waals surface area contributed by atoms with Crippen molar-refractivity contribution in [1.82, 2.24) is 0 Å². The van der Waals surface area contributed by atoms with E-state index >= 15 is 0 Å². The topological polar surface area (TPSA) is 18.5 Å². The van der Waals surface area contributed by atoms with E-state index in [2.05, 4.69) is 119 Å². The molecule has 0 amide bonds. The summed E-state index contributed by atoms with van der Waals surface area (Å²) in [5.74, 6) is 1.88. The number of ether oxygens (including phenoxy) is 2. The minimum atomic E-state index is -0.436. The lowest BCUT2D eigenvalue weighted by Crippen LogP contribution is -2.38. The van der Waals surface area contributed by atoms with Crippen molar-refractivity contribution in [1.29, 1.82) is 0 Å². The highest BCUT2D eigenvalue weighted by atomic mass is 16.5. The Morgan fingerprint density at radius 1 is 0.641 bits per heavy atom. The van der Waals surface area contributed by atoms with Gasteiger partial charge in [0.1, 0.15) is 11.5 Å². The molecule has 4 aromatic carbocycles. The summed E-state index contributed by atoms with van der Waals surface area (Å²) in [4.78, 5) is 0. The summed E-state index contributed by atoms with van der Waals surface area (Å²) >= 11 is 0. The fourth-order valence-corrected chi connectivity index (χ4v) is 6.83. The number of fused-ring (bicyclic) bond motifs is 3. The van der Waals surface area contributed by atoms with E-state index in [1.54, 1.807) is 14.2 Å². The number of benzene rings is 4. The number of methoxy groups -OCH3 is 2. The molecule has 39 heavy (non-hydrogen) atoms. The molecule has 196 valence electrons.